The van der Waals surface area contributed by atoms with Gasteiger partial charge in [0.1, 0.15) is 37.1 Å². The van der Waals surface area contributed by atoms with Crippen LogP contribution in [0.4, 0.5) is 4.79 Å². The van der Waals surface area contributed by atoms with E-state index in [9.17, 15) is 43.8 Å². The van der Waals surface area contributed by atoms with Crippen LogP contribution in [0.1, 0.15) is 57.6 Å². The number of nitrogens with one attached hydrogen (secondary N) is 4. The van der Waals surface area contributed by atoms with Crippen LogP contribution in [0.3, 0.4) is 0 Å². The van der Waals surface area contributed by atoms with E-state index in [0.717, 1.165) is 32.8 Å². The molecule has 0 fully saturated rings. The van der Waals surface area contributed by atoms with Crippen molar-refractivity contribution in [3.63, 3.8) is 0 Å². The van der Waals surface area contributed by atoms with Crippen LogP contribution < -0.4 is 27.0 Å². The van der Waals surface area contributed by atoms with Crippen molar-refractivity contribution in [2.45, 2.75) is 89.7 Å². The maximum Gasteiger partial charge on any atom is 0.408 e. The summed E-state index contributed by atoms with van der Waals surface area (Å²) in [5.41, 5.74) is 8.26. The third-order valence-corrected chi connectivity index (χ3v) is 9.31. The van der Waals surface area contributed by atoms with E-state index in [0.29, 0.717) is 18.3 Å². The van der Waals surface area contributed by atoms with E-state index in [-0.39, 0.29) is 19.7 Å². The highest BCUT2D eigenvalue weighted by atomic mass is 16.5. The van der Waals surface area contributed by atoms with Crippen molar-refractivity contribution in [2.24, 2.45) is 17.6 Å². The first kappa shape index (κ1) is 47.8. The van der Waals surface area contributed by atoms with Gasteiger partial charge in [0.05, 0.1) is 19.8 Å². The Balaban J connectivity index is 1.95. The number of hydrogen-bond acceptors (Lipinski definition) is 12. The quantitative estimate of drug-likeness (QED) is 0.0408. The van der Waals surface area contributed by atoms with E-state index in [2.05, 4.69) is 33.4 Å². The molecule has 0 heterocycles. The zero-order valence-corrected chi connectivity index (χ0v) is 33.1. The summed E-state index contributed by atoms with van der Waals surface area (Å²) in [6.07, 6.45) is 3.47. The standard InChI is InChI=1S/C40H58N6O11/c1-26(22-47)34(39(54)56-4)46(20-14-6-5-9-15-29-16-10-7-11-17-29)38(53)33(41)31(23-48)21-42-35(50)27(2)43-36(51)28(3)44-37(52)32(24-49)45-40(55)57-25-30-18-12-8-13-19-30/h7-8,10-13,16-19,22,26-28,31-34,48-49H,5-6,9,14-15,20-21,23-25,41H2,1-4H3,(H,42,50)(H,43,51)(H,44,52)(H,45,55)/t26?,27-,28-,31?,32+,33-,34-/m0/s1. The third-order valence-electron chi connectivity index (χ3n) is 9.31. The number of unbranched alkanes of at least 4 members (excludes halogenated alkanes) is 3. The van der Waals surface area contributed by atoms with Gasteiger partial charge in [-0.15, -0.1) is 0 Å². The number of hydrogen-bond donors (Lipinski definition) is 7. The summed E-state index contributed by atoms with van der Waals surface area (Å²) in [6.45, 7) is 2.49. The molecule has 0 aliphatic heterocycles. The zero-order valence-electron chi connectivity index (χ0n) is 33.1. The van der Waals surface area contributed by atoms with E-state index in [1.807, 2.05) is 18.2 Å². The van der Waals surface area contributed by atoms with Gasteiger partial charge in [0, 0.05) is 31.5 Å². The normalized spacial score (nSPS) is 14.6. The number of aliphatic hydroxyl groups is 2. The number of ether oxygens (including phenoxy) is 2. The Morgan fingerprint density at radius 2 is 1.35 bits per heavy atom. The Hall–Kier alpha value is -5.39. The van der Waals surface area contributed by atoms with Gasteiger partial charge in [0.15, 0.2) is 0 Å². The summed E-state index contributed by atoms with van der Waals surface area (Å²) in [5.74, 6) is -5.83. The van der Waals surface area contributed by atoms with Crippen molar-refractivity contribution in [1.29, 1.82) is 0 Å². The first-order valence-electron chi connectivity index (χ1n) is 19.0. The molecule has 5 amide bonds. The Labute approximate surface area is 333 Å². The highest BCUT2D eigenvalue weighted by molar-refractivity contribution is 5.93. The third kappa shape index (κ3) is 16.3. The minimum atomic E-state index is -1.43. The van der Waals surface area contributed by atoms with Crippen molar-refractivity contribution >= 4 is 42.0 Å². The number of nitrogens with zero attached hydrogens (tertiary/aromatic N) is 1. The minimum absolute atomic E-state index is 0.0717. The molecule has 2 aromatic rings. The minimum Gasteiger partial charge on any atom is -0.467 e. The zero-order chi connectivity index (χ0) is 42.3. The lowest BCUT2D eigenvalue weighted by atomic mass is 9.95. The average molecular weight is 799 g/mol. The predicted molar refractivity (Wildman–Crippen MR) is 209 cm³/mol. The lowest BCUT2D eigenvalue weighted by Crippen LogP contribution is -2.58. The molecule has 0 saturated heterocycles. The van der Waals surface area contributed by atoms with Crippen LogP contribution in [-0.2, 0) is 51.3 Å². The number of carbonyl (C=O) groups excluding carboxylic acids is 7. The molecule has 2 rings (SSSR count). The van der Waals surface area contributed by atoms with Crippen LogP contribution in [-0.4, -0.2) is 121 Å². The maximum absolute atomic E-state index is 13.9. The van der Waals surface area contributed by atoms with Crippen LogP contribution in [0.15, 0.2) is 60.7 Å². The molecule has 0 aliphatic rings. The summed E-state index contributed by atoms with van der Waals surface area (Å²) in [5, 5.41) is 29.4. The van der Waals surface area contributed by atoms with Gasteiger partial charge in [-0.25, -0.2) is 9.59 Å². The molecule has 8 N–H and O–H groups in total. The molecule has 17 nitrogen and oxygen atoms in total. The molecule has 0 radical (unpaired) electrons. The molecule has 0 bridgehead atoms. The van der Waals surface area contributed by atoms with E-state index in [4.69, 9.17) is 15.2 Å². The van der Waals surface area contributed by atoms with Gasteiger partial charge in [0.2, 0.25) is 23.6 Å². The molecule has 0 saturated carbocycles. The average Bonchev–Trinajstić information content (AvgIpc) is 3.22. The van der Waals surface area contributed by atoms with E-state index in [1.54, 1.807) is 30.3 Å². The Bertz CT molecular complexity index is 1580. The molecule has 7 atom stereocenters. The van der Waals surface area contributed by atoms with E-state index < -0.39 is 91.0 Å². The Morgan fingerprint density at radius 3 is 1.93 bits per heavy atom. The molecular formula is C40H58N6O11. The summed E-state index contributed by atoms with van der Waals surface area (Å²) < 4.78 is 9.99. The Morgan fingerprint density at radius 1 is 0.772 bits per heavy atom. The maximum atomic E-state index is 13.9. The molecular weight excluding hydrogens is 740 g/mol. The van der Waals surface area contributed by atoms with Gasteiger partial charge in [0.25, 0.3) is 0 Å². The smallest absolute Gasteiger partial charge is 0.408 e. The second-order valence-corrected chi connectivity index (χ2v) is 13.8. The van der Waals surface area contributed by atoms with Crippen LogP contribution in [0.5, 0.6) is 0 Å². The molecule has 0 aliphatic carbocycles. The number of rotatable bonds is 25. The fraction of sp³-hybridized carbons (Fsp3) is 0.525. The number of nitrogens with two attached hydrogens (primary N) is 1. The Kier molecular flexibility index (Phi) is 21.5. The lowest BCUT2D eigenvalue weighted by Gasteiger charge is -2.35. The summed E-state index contributed by atoms with van der Waals surface area (Å²) in [4.78, 5) is 90.4. The number of esters is 1. The number of aldehydes is 1. The van der Waals surface area contributed by atoms with Gasteiger partial charge in [-0.2, -0.15) is 0 Å². The number of carbonyl (C=O) groups is 7. The fourth-order valence-corrected chi connectivity index (χ4v) is 5.78. The van der Waals surface area contributed by atoms with Gasteiger partial charge >= 0.3 is 12.1 Å². The largest absolute Gasteiger partial charge is 0.467 e. The molecule has 0 spiro atoms. The SMILES string of the molecule is COC(=O)[C@H](C(C)C=O)N(CCCCCCc1ccccc1)C(=O)[C@@H](N)C(CO)CNC(=O)[C@H](C)NC(=O)[C@H](C)NC(=O)[C@@H](CO)NC(=O)OCc1ccccc1. The van der Waals surface area contributed by atoms with Gasteiger partial charge in [-0.1, -0.05) is 80.4 Å². The topological polar surface area (TPSA) is 256 Å². The number of benzene rings is 2. The van der Waals surface area contributed by atoms with Gasteiger partial charge < -0.3 is 56.4 Å². The number of alkyl carbamates (subject to hydrolysis) is 1. The van der Waals surface area contributed by atoms with Crippen molar-refractivity contribution in [2.75, 3.05) is 33.4 Å². The number of aryl methyl sites for hydroxylation is 1. The fourth-order valence-electron chi connectivity index (χ4n) is 5.78. The van der Waals surface area contributed by atoms with Crippen LogP contribution in [0, 0.1) is 11.8 Å². The molecule has 57 heavy (non-hydrogen) atoms. The van der Waals surface area contributed by atoms with Crippen LogP contribution >= 0.6 is 0 Å². The van der Waals surface area contributed by atoms with Crippen molar-refractivity contribution < 1.29 is 53.2 Å². The van der Waals surface area contributed by atoms with Crippen molar-refractivity contribution in [3.8, 4) is 0 Å². The lowest BCUT2D eigenvalue weighted by molar-refractivity contribution is -0.157. The molecule has 314 valence electrons. The van der Waals surface area contributed by atoms with Crippen molar-refractivity contribution in [3.05, 3.63) is 71.8 Å². The molecule has 2 aromatic carbocycles. The van der Waals surface area contributed by atoms with Crippen LogP contribution in [0.2, 0.25) is 0 Å². The van der Waals surface area contributed by atoms with Crippen molar-refractivity contribution in [1.82, 2.24) is 26.2 Å². The highest BCUT2D eigenvalue weighted by Gasteiger charge is 2.39. The number of aliphatic hydroxyl groups excluding tert-OH is 2. The number of amides is 5. The second kappa shape index (κ2) is 25.7. The summed E-state index contributed by atoms with van der Waals surface area (Å²) >= 11 is 0. The first-order chi connectivity index (χ1) is 27.3. The summed E-state index contributed by atoms with van der Waals surface area (Å²) in [7, 11) is 1.15. The second-order valence-electron chi connectivity index (χ2n) is 13.8. The monoisotopic (exact) mass is 798 g/mol. The number of methoxy groups -OCH3 is 1. The summed E-state index contributed by atoms with van der Waals surface area (Å²) in [6, 6.07) is 12.3. The van der Waals surface area contributed by atoms with Gasteiger partial charge in [-0.05, 0) is 44.2 Å². The predicted octanol–water partition coefficient (Wildman–Crippen LogP) is 0.343. The van der Waals surface area contributed by atoms with Gasteiger partial charge in [-0.3, -0.25) is 19.2 Å². The first-order valence-corrected chi connectivity index (χ1v) is 19.0. The van der Waals surface area contributed by atoms with Crippen LogP contribution in [0.25, 0.3) is 0 Å². The molecule has 2 unspecified atom stereocenters. The highest BCUT2D eigenvalue weighted by Crippen LogP contribution is 2.18. The van der Waals surface area contributed by atoms with E-state index >= 15 is 0 Å². The molecule has 17 heteroatoms. The molecule has 0 aromatic heterocycles. The van der Waals surface area contributed by atoms with E-state index in [1.165, 1.54) is 31.2 Å².